The number of rotatable bonds is 58. The molecule has 0 aromatic rings. The number of unbranched alkanes of at least 4 members (excludes halogenated alkanes) is 29. The Morgan fingerprint density at radius 1 is 0.273 bits per heavy atom. The van der Waals surface area contributed by atoms with Crippen molar-refractivity contribution in [3.05, 3.63) is 109 Å². The van der Waals surface area contributed by atoms with Gasteiger partial charge in [-0.1, -0.05) is 278 Å². The van der Waals surface area contributed by atoms with Gasteiger partial charge >= 0.3 is 17.9 Å². The zero-order chi connectivity index (χ0) is 55.7. The average Bonchev–Trinajstić information content (AvgIpc) is 3.43. The molecule has 77 heavy (non-hydrogen) atoms. The zero-order valence-corrected chi connectivity index (χ0v) is 50.4. The van der Waals surface area contributed by atoms with Gasteiger partial charge in [0.1, 0.15) is 13.2 Å². The van der Waals surface area contributed by atoms with E-state index in [0.717, 1.165) is 103 Å². The molecule has 0 N–H and O–H groups in total. The molecule has 1 atom stereocenters. The van der Waals surface area contributed by atoms with Crippen molar-refractivity contribution in [2.24, 2.45) is 0 Å². The van der Waals surface area contributed by atoms with E-state index in [0.29, 0.717) is 19.3 Å². The molecule has 6 heteroatoms. The lowest BCUT2D eigenvalue weighted by atomic mass is 10.0. The second-order valence-corrected chi connectivity index (χ2v) is 21.3. The van der Waals surface area contributed by atoms with Crippen molar-refractivity contribution in [1.29, 1.82) is 0 Å². The van der Waals surface area contributed by atoms with Crippen molar-refractivity contribution in [2.75, 3.05) is 13.2 Å². The molecule has 0 saturated carbocycles. The molecule has 0 aliphatic carbocycles. The molecule has 0 aromatic heterocycles. The second kappa shape index (κ2) is 64.6. The summed E-state index contributed by atoms with van der Waals surface area (Å²) in [6.07, 6.45) is 88.4. The van der Waals surface area contributed by atoms with E-state index in [2.05, 4.69) is 130 Å². The second-order valence-electron chi connectivity index (χ2n) is 21.3. The molecule has 0 radical (unpaired) electrons. The minimum Gasteiger partial charge on any atom is -0.462 e. The van der Waals surface area contributed by atoms with Crippen molar-refractivity contribution < 1.29 is 28.6 Å². The first kappa shape index (κ1) is 73.1. The Bertz CT molecular complexity index is 1560. The number of hydrogen-bond acceptors (Lipinski definition) is 6. The Morgan fingerprint density at radius 3 is 0.883 bits per heavy atom. The molecule has 0 amide bonds. The number of esters is 3. The van der Waals surface area contributed by atoms with E-state index in [4.69, 9.17) is 14.2 Å². The third kappa shape index (κ3) is 62.8. The third-order valence-electron chi connectivity index (χ3n) is 13.7. The molecule has 0 fully saturated rings. The van der Waals surface area contributed by atoms with Crippen LogP contribution in [0.4, 0.5) is 0 Å². The van der Waals surface area contributed by atoms with Crippen molar-refractivity contribution in [1.82, 2.24) is 0 Å². The zero-order valence-electron chi connectivity index (χ0n) is 50.4. The van der Waals surface area contributed by atoms with Crippen LogP contribution < -0.4 is 0 Å². The lowest BCUT2D eigenvalue weighted by Gasteiger charge is -2.18. The molecule has 0 heterocycles. The fourth-order valence-electron chi connectivity index (χ4n) is 8.88. The highest BCUT2D eigenvalue weighted by Gasteiger charge is 2.19. The Labute approximate surface area is 476 Å². The lowest BCUT2D eigenvalue weighted by molar-refractivity contribution is -0.167. The van der Waals surface area contributed by atoms with Crippen LogP contribution in [0.1, 0.15) is 303 Å². The Kier molecular flexibility index (Phi) is 61.3. The van der Waals surface area contributed by atoms with Gasteiger partial charge in [0.15, 0.2) is 6.10 Å². The molecular weight excluding hydrogens is 949 g/mol. The van der Waals surface area contributed by atoms with Crippen molar-refractivity contribution >= 4 is 17.9 Å². The van der Waals surface area contributed by atoms with E-state index in [-0.39, 0.29) is 37.5 Å². The fraction of sp³-hybridized carbons (Fsp3) is 0.704. The summed E-state index contributed by atoms with van der Waals surface area (Å²) in [6, 6.07) is 0. The predicted octanol–water partition coefficient (Wildman–Crippen LogP) is 22.2. The minimum atomic E-state index is -0.812. The smallest absolute Gasteiger partial charge is 0.306 e. The van der Waals surface area contributed by atoms with Gasteiger partial charge in [0.25, 0.3) is 0 Å². The molecule has 0 saturated heterocycles. The highest BCUT2D eigenvalue weighted by atomic mass is 16.6. The standard InChI is InChI=1S/C71H120O6/c1-4-7-10-13-16-19-22-24-26-28-29-30-31-32-33-34-35-36-37-38-39-40-41-43-44-46-49-52-55-58-61-64-70(73)76-67-68(66-75-69(72)63-60-57-54-51-48-21-18-15-12-9-6-3)77-71(74)65-62-59-56-53-50-47-45-42-27-25-23-20-17-14-11-8-5-2/h8,11,15,17-18,20,22,24-25,27-29,31-32,45,47,53,56,68H,4-7,9-10,12-14,16,19,21,23,26,30,33-44,46,48-52,54-55,57-67H2,1-3H3/b11-8-,18-15-,20-17-,24-22-,27-25-,29-28-,32-31-,47-45-,56-53-. The van der Waals surface area contributed by atoms with Crippen LogP contribution in [0.3, 0.4) is 0 Å². The summed E-state index contributed by atoms with van der Waals surface area (Å²) in [5.74, 6) is -0.967. The van der Waals surface area contributed by atoms with Gasteiger partial charge in [-0.05, 0) is 116 Å². The van der Waals surface area contributed by atoms with Gasteiger partial charge in [-0.3, -0.25) is 14.4 Å². The maximum Gasteiger partial charge on any atom is 0.306 e. The van der Waals surface area contributed by atoms with Crippen LogP contribution in [0.2, 0.25) is 0 Å². The van der Waals surface area contributed by atoms with E-state index in [1.165, 1.54) is 154 Å². The van der Waals surface area contributed by atoms with Gasteiger partial charge in [0.05, 0.1) is 0 Å². The molecule has 0 bridgehead atoms. The van der Waals surface area contributed by atoms with Crippen LogP contribution in [-0.2, 0) is 28.6 Å². The van der Waals surface area contributed by atoms with Gasteiger partial charge in [-0.15, -0.1) is 0 Å². The minimum absolute atomic E-state index is 0.103. The Morgan fingerprint density at radius 2 is 0.532 bits per heavy atom. The Hall–Kier alpha value is -3.93. The number of ether oxygens (including phenoxy) is 3. The van der Waals surface area contributed by atoms with Gasteiger partial charge in [-0.2, -0.15) is 0 Å². The third-order valence-corrected chi connectivity index (χ3v) is 13.7. The highest BCUT2D eigenvalue weighted by molar-refractivity contribution is 5.71. The van der Waals surface area contributed by atoms with Gasteiger partial charge in [0, 0.05) is 19.3 Å². The molecular formula is C71H120O6. The molecule has 0 rings (SSSR count). The Balaban J connectivity index is 4.23. The van der Waals surface area contributed by atoms with Crippen molar-refractivity contribution in [2.45, 2.75) is 309 Å². The molecule has 1 unspecified atom stereocenters. The number of carbonyl (C=O) groups excluding carboxylic acids is 3. The number of hydrogen-bond donors (Lipinski definition) is 0. The first-order chi connectivity index (χ1) is 38.0. The lowest BCUT2D eigenvalue weighted by Crippen LogP contribution is -2.30. The van der Waals surface area contributed by atoms with Crippen LogP contribution >= 0.6 is 0 Å². The summed E-state index contributed by atoms with van der Waals surface area (Å²) in [5.41, 5.74) is 0. The first-order valence-corrected chi connectivity index (χ1v) is 32.4. The predicted molar refractivity (Wildman–Crippen MR) is 334 cm³/mol. The molecule has 6 nitrogen and oxygen atoms in total. The van der Waals surface area contributed by atoms with Crippen LogP contribution in [0.25, 0.3) is 0 Å². The summed E-state index contributed by atoms with van der Waals surface area (Å²) < 4.78 is 16.8. The summed E-state index contributed by atoms with van der Waals surface area (Å²) in [6.45, 7) is 6.43. The van der Waals surface area contributed by atoms with E-state index in [1.807, 2.05) is 0 Å². The van der Waals surface area contributed by atoms with Gasteiger partial charge < -0.3 is 14.2 Å². The molecule has 440 valence electrons. The maximum absolute atomic E-state index is 12.8. The summed E-state index contributed by atoms with van der Waals surface area (Å²) in [5, 5.41) is 0. The summed E-state index contributed by atoms with van der Waals surface area (Å²) in [4.78, 5) is 38.2. The van der Waals surface area contributed by atoms with Crippen LogP contribution in [-0.4, -0.2) is 37.2 Å². The fourth-order valence-corrected chi connectivity index (χ4v) is 8.88. The largest absolute Gasteiger partial charge is 0.462 e. The van der Waals surface area contributed by atoms with E-state index >= 15 is 0 Å². The number of allylic oxidation sites excluding steroid dienone is 18. The number of carbonyl (C=O) groups is 3. The molecule has 0 aromatic carbocycles. The average molecular weight is 1070 g/mol. The van der Waals surface area contributed by atoms with Gasteiger partial charge in [0.2, 0.25) is 0 Å². The SMILES string of the molecule is CC/C=C\C/C=C\C/C=C\C/C=C\C/C=C\CCCC(=O)OC(COC(=O)CCCCCCC/C=C\CCCC)COC(=O)CCCCCCCCCCCCCCCCCC/C=C\C/C=C\C/C=C\CCCCCCC. The molecule has 0 aliphatic heterocycles. The quantitative estimate of drug-likeness (QED) is 0.0261. The topological polar surface area (TPSA) is 78.9 Å². The van der Waals surface area contributed by atoms with Crippen molar-refractivity contribution in [3.8, 4) is 0 Å². The van der Waals surface area contributed by atoms with Crippen LogP contribution in [0.5, 0.6) is 0 Å². The first-order valence-electron chi connectivity index (χ1n) is 32.4. The van der Waals surface area contributed by atoms with E-state index in [1.54, 1.807) is 0 Å². The summed E-state index contributed by atoms with van der Waals surface area (Å²) >= 11 is 0. The molecule has 0 aliphatic rings. The highest BCUT2D eigenvalue weighted by Crippen LogP contribution is 2.16. The van der Waals surface area contributed by atoms with Crippen LogP contribution in [0, 0.1) is 0 Å². The maximum atomic E-state index is 12.8. The molecule has 0 spiro atoms. The van der Waals surface area contributed by atoms with E-state index in [9.17, 15) is 14.4 Å². The van der Waals surface area contributed by atoms with Gasteiger partial charge in [-0.25, -0.2) is 0 Å². The summed E-state index contributed by atoms with van der Waals surface area (Å²) in [7, 11) is 0. The normalized spacial score (nSPS) is 12.8. The van der Waals surface area contributed by atoms with Crippen molar-refractivity contribution in [3.63, 3.8) is 0 Å². The van der Waals surface area contributed by atoms with Crippen LogP contribution in [0.15, 0.2) is 109 Å². The monoisotopic (exact) mass is 1070 g/mol. The van der Waals surface area contributed by atoms with E-state index < -0.39 is 6.10 Å².